The number of nitrogens with zero attached hydrogens (tertiary/aromatic N) is 1. The van der Waals surface area contributed by atoms with Gasteiger partial charge in [-0.1, -0.05) is 36.4 Å². The van der Waals surface area contributed by atoms with E-state index in [1.807, 2.05) is 18.2 Å². The molecule has 1 saturated heterocycles. The Morgan fingerprint density at radius 1 is 1.15 bits per heavy atom. The molecule has 0 radical (unpaired) electrons. The highest BCUT2D eigenvalue weighted by Gasteiger charge is 2.30. The summed E-state index contributed by atoms with van der Waals surface area (Å²) in [5, 5.41) is 5.62. The van der Waals surface area contributed by atoms with E-state index in [0.29, 0.717) is 11.1 Å². The third-order valence-corrected chi connectivity index (χ3v) is 5.91. The van der Waals surface area contributed by atoms with Crippen LogP contribution >= 0.6 is 11.8 Å². The predicted molar refractivity (Wildman–Crippen MR) is 102 cm³/mol. The van der Waals surface area contributed by atoms with E-state index >= 15 is 0 Å². The smallest absolute Gasteiger partial charge is 0.324 e. The molecule has 2 aliphatic rings. The van der Waals surface area contributed by atoms with Gasteiger partial charge in [0, 0.05) is 16.2 Å². The fourth-order valence-corrected chi connectivity index (χ4v) is 4.52. The number of carbonyl (C=O) groups is 3. The van der Waals surface area contributed by atoms with Crippen molar-refractivity contribution in [3.63, 3.8) is 0 Å². The van der Waals surface area contributed by atoms with Crippen molar-refractivity contribution < 1.29 is 14.4 Å². The zero-order valence-electron chi connectivity index (χ0n) is 14.6. The zero-order chi connectivity index (χ0) is 18.8. The molecule has 1 atom stereocenters. The lowest BCUT2D eigenvalue weighted by molar-refractivity contribution is -0.125. The van der Waals surface area contributed by atoms with Gasteiger partial charge in [0.2, 0.25) is 5.91 Å². The summed E-state index contributed by atoms with van der Waals surface area (Å²) in [5.74, 6) is 0.476. The number of hydrogen-bond acceptors (Lipinski definition) is 4. The minimum Gasteiger partial charge on any atom is -0.345 e. The van der Waals surface area contributed by atoms with Crippen LogP contribution in [0, 0.1) is 0 Å². The number of fused-ring (bicyclic) bond motifs is 1. The highest BCUT2D eigenvalue weighted by molar-refractivity contribution is 7.99. The number of benzene rings is 2. The van der Waals surface area contributed by atoms with Gasteiger partial charge >= 0.3 is 6.03 Å². The first-order chi connectivity index (χ1) is 13.1. The fourth-order valence-electron chi connectivity index (χ4n) is 3.39. The molecule has 2 heterocycles. The molecule has 0 aromatic heterocycles. The van der Waals surface area contributed by atoms with E-state index in [0.717, 1.165) is 22.6 Å². The van der Waals surface area contributed by atoms with E-state index < -0.39 is 6.03 Å². The topological polar surface area (TPSA) is 78.5 Å². The van der Waals surface area contributed by atoms with Gasteiger partial charge in [0.05, 0.1) is 19.1 Å². The van der Waals surface area contributed by atoms with Crippen LogP contribution in [0.25, 0.3) is 0 Å². The Balaban J connectivity index is 1.55. The van der Waals surface area contributed by atoms with Crippen LogP contribution in [0.4, 0.5) is 4.79 Å². The number of nitrogens with one attached hydrogen (secondary N) is 2. The Kier molecular flexibility index (Phi) is 4.85. The molecule has 7 heteroatoms. The van der Waals surface area contributed by atoms with Crippen LogP contribution in [0.3, 0.4) is 0 Å². The summed E-state index contributed by atoms with van der Waals surface area (Å²) in [4.78, 5) is 39.0. The summed E-state index contributed by atoms with van der Waals surface area (Å²) in [5.41, 5.74) is 2.27. The van der Waals surface area contributed by atoms with Gasteiger partial charge in [0.15, 0.2) is 0 Å². The third kappa shape index (κ3) is 3.55. The number of thioether (sulfide) groups is 1. The van der Waals surface area contributed by atoms with E-state index in [-0.39, 0.29) is 30.9 Å². The minimum absolute atomic E-state index is 0.00369. The van der Waals surface area contributed by atoms with Crippen molar-refractivity contribution in [2.75, 3.05) is 12.3 Å². The van der Waals surface area contributed by atoms with Gasteiger partial charge in [-0.05, 0) is 29.7 Å². The molecule has 138 valence electrons. The molecular weight excluding hydrogens is 362 g/mol. The molecule has 0 spiro atoms. The van der Waals surface area contributed by atoms with Crippen LogP contribution in [0.1, 0.15) is 33.9 Å². The quantitative estimate of drug-likeness (QED) is 0.799. The fraction of sp³-hybridized carbons (Fsp3) is 0.250. The normalized spacial score (nSPS) is 18.8. The third-order valence-electron chi connectivity index (χ3n) is 4.79. The van der Waals surface area contributed by atoms with Gasteiger partial charge in [0.1, 0.15) is 0 Å². The number of amides is 4. The van der Waals surface area contributed by atoms with Crippen LogP contribution in [0.5, 0.6) is 0 Å². The molecular formula is C20H19N3O3S. The standard InChI is InChI=1S/C20H19N3O3S/c24-18-11-21-20(26)23(18)12-13-5-1-2-6-14(13)19(25)22-16-9-10-27-17-8-4-3-7-15(16)17/h1-8,16H,9-12H2,(H,21,26)(H,22,25)/t16-/m0/s1. The van der Waals surface area contributed by atoms with Gasteiger partial charge in [-0.25, -0.2) is 4.79 Å². The molecule has 0 saturated carbocycles. The Hall–Kier alpha value is -2.80. The van der Waals surface area contributed by atoms with Gasteiger partial charge in [-0.15, -0.1) is 11.8 Å². The number of hydrogen-bond donors (Lipinski definition) is 2. The van der Waals surface area contributed by atoms with Crippen LogP contribution in [0.15, 0.2) is 53.4 Å². The van der Waals surface area contributed by atoms with Crippen LogP contribution in [-0.4, -0.2) is 35.0 Å². The molecule has 27 heavy (non-hydrogen) atoms. The van der Waals surface area contributed by atoms with Gasteiger partial charge in [-0.3, -0.25) is 14.5 Å². The summed E-state index contributed by atoms with van der Waals surface area (Å²) in [6.45, 7) is 0.0923. The van der Waals surface area contributed by atoms with E-state index in [9.17, 15) is 14.4 Å². The number of carbonyl (C=O) groups excluding carboxylic acids is 3. The summed E-state index contributed by atoms with van der Waals surface area (Å²) in [6.07, 6.45) is 0.864. The van der Waals surface area contributed by atoms with Crippen molar-refractivity contribution in [2.45, 2.75) is 23.9 Å². The second kappa shape index (κ2) is 7.44. The van der Waals surface area contributed by atoms with Crippen molar-refractivity contribution in [3.05, 3.63) is 65.2 Å². The molecule has 0 unspecified atom stereocenters. The van der Waals surface area contributed by atoms with E-state index in [1.165, 1.54) is 4.90 Å². The second-order valence-electron chi connectivity index (χ2n) is 6.50. The zero-order valence-corrected chi connectivity index (χ0v) is 15.4. The average Bonchev–Trinajstić information content (AvgIpc) is 3.01. The maximum atomic E-state index is 13.0. The Morgan fingerprint density at radius 3 is 2.74 bits per heavy atom. The Bertz CT molecular complexity index is 899. The molecule has 6 nitrogen and oxygen atoms in total. The highest BCUT2D eigenvalue weighted by atomic mass is 32.2. The van der Waals surface area contributed by atoms with E-state index in [4.69, 9.17) is 0 Å². The Labute approximate surface area is 161 Å². The monoisotopic (exact) mass is 381 g/mol. The lowest BCUT2D eigenvalue weighted by Gasteiger charge is -2.26. The first-order valence-corrected chi connectivity index (χ1v) is 9.81. The summed E-state index contributed by atoms with van der Waals surface area (Å²) in [7, 11) is 0. The largest absolute Gasteiger partial charge is 0.345 e. The average molecular weight is 381 g/mol. The van der Waals surface area contributed by atoms with Crippen molar-refractivity contribution in [1.29, 1.82) is 0 Å². The highest BCUT2D eigenvalue weighted by Crippen LogP contribution is 2.36. The van der Waals surface area contributed by atoms with E-state index in [1.54, 1.807) is 36.0 Å². The SMILES string of the molecule is O=C(N[C@H]1CCSc2ccccc21)c1ccccc1CN1C(=O)CNC1=O. The summed E-state index contributed by atoms with van der Waals surface area (Å²) in [6, 6.07) is 14.7. The summed E-state index contributed by atoms with van der Waals surface area (Å²) < 4.78 is 0. The number of imide groups is 1. The van der Waals surface area contributed by atoms with Crippen molar-refractivity contribution in [2.24, 2.45) is 0 Å². The first kappa shape index (κ1) is 17.6. The molecule has 0 bridgehead atoms. The maximum absolute atomic E-state index is 13.0. The number of urea groups is 1. The van der Waals surface area contributed by atoms with Crippen LogP contribution < -0.4 is 10.6 Å². The molecule has 2 aromatic rings. The second-order valence-corrected chi connectivity index (χ2v) is 7.63. The van der Waals surface area contributed by atoms with Gasteiger partial charge < -0.3 is 10.6 Å². The maximum Gasteiger partial charge on any atom is 0.324 e. The first-order valence-electron chi connectivity index (χ1n) is 8.82. The molecule has 0 aliphatic carbocycles. The van der Waals surface area contributed by atoms with Crippen molar-refractivity contribution in [1.82, 2.24) is 15.5 Å². The van der Waals surface area contributed by atoms with Gasteiger partial charge in [-0.2, -0.15) is 0 Å². The Morgan fingerprint density at radius 2 is 1.93 bits per heavy atom. The molecule has 4 amide bonds. The van der Waals surface area contributed by atoms with Crippen LogP contribution in [-0.2, 0) is 11.3 Å². The summed E-state index contributed by atoms with van der Waals surface area (Å²) >= 11 is 1.80. The molecule has 2 N–H and O–H groups in total. The minimum atomic E-state index is -0.423. The predicted octanol–water partition coefficient (Wildman–Crippen LogP) is 2.71. The lowest BCUT2D eigenvalue weighted by Crippen LogP contribution is -2.34. The van der Waals surface area contributed by atoms with E-state index in [2.05, 4.69) is 16.7 Å². The molecule has 2 aliphatic heterocycles. The molecule has 4 rings (SSSR count). The van der Waals surface area contributed by atoms with Crippen molar-refractivity contribution >= 4 is 29.6 Å². The van der Waals surface area contributed by atoms with Gasteiger partial charge in [0.25, 0.3) is 5.91 Å². The molecule has 1 fully saturated rings. The van der Waals surface area contributed by atoms with Crippen molar-refractivity contribution in [3.8, 4) is 0 Å². The molecule has 2 aromatic carbocycles. The number of rotatable bonds is 4. The van der Waals surface area contributed by atoms with Crippen LogP contribution in [0.2, 0.25) is 0 Å². The lowest BCUT2D eigenvalue weighted by atomic mass is 10.0.